The molecule has 3 atom stereocenters. The molecule has 9 heteroatoms. The molecule has 0 heterocycles. The molecule has 0 fully saturated rings. The van der Waals surface area contributed by atoms with Gasteiger partial charge in [0, 0.05) is 6.42 Å². The second-order valence-electron chi connectivity index (χ2n) is 24.5. The van der Waals surface area contributed by atoms with E-state index in [9.17, 15) is 19.4 Å². The molecule has 0 aromatic rings. The Morgan fingerprint density at radius 2 is 0.720 bits per heavy atom. The number of quaternary nitrogens is 1. The van der Waals surface area contributed by atoms with Gasteiger partial charge in [0.1, 0.15) is 13.2 Å². The average Bonchev–Trinajstić information content (AvgIpc) is 3.37. The van der Waals surface area contributed by atoms with Crippen LogP contribution in [0.4, 0.5) is 0 Å². The predicted molar refractivity (Wildman–Crippen MR) is 326 cm³/mol. The summed E-state index contributed by atoms with van der Waals surface area (Å²) in [4.78, 5) is 25.5. The lowest BCUT2D eigenvalue weighted by Gasteiger charge is -2.29. The van der Waals surface area contributed by atoms with Crippen LogP contribution in [-0.2, 0) is 18.4 Å². The van der Waals surface area contributed by atoms with Crippen LogP contribution in [0.1, 0.15) is 354 Å². The van der Waals surface area contributed by atoms with Gasteiger partial charge in [-0.05, 0) is 19.3 Å². The number of carbonyl (C=O) groups is 1. The highest BCUT2D eigenvalue weighted by atomic mass is 31.2. The SMILES string of the molecule is CCCCCCCCCCCCC/C=C/C(O)C(COP(=O)([O-])OCC[N+](C)(C)C)NC(=O)CCCCCCCCCCCCCCCCCCCCCCCCCCCCCCCCCCCCCCCCCC. The van der Waals surface area contributed by atoms with Gasteiger partial charge < -0.3 is 28.8 Å². The first-order valence-electron chi connectivity index (χ1n) is 33.6. The van der Waals surface area contributed by atoms with Gasteiger partial charge in [-0.3, -0.25) is 9.36 Å². The van der Waals surface area contributed by atoms with Gasteiger partial charge >= 0.3 is 0 Å². The second kappa shape index (κ2) is 57.9. The molecule has 0 saturated heterocycles. The van der Waals surface area contributed by atoms with Crippen molar-refractivity contribution in [3.63, 3.8) is 0 Å². The number of unbranched alkanes of at least 4 members (excludes halogenated alkanes) is 50. The fourth-order valence-corrected chi connectivity index (χ4v) is 11.2. The molecule has 0 radical (unpaired) electrons. The fraction of sp³-hybridized carbons (Fsp3) is 0.955. The maximum Gasteiger partial charge on any atom is 0.268 e. The lowest BCUT2D eigenvalue weighted by atomic mass is 10.0. The first kappa shape index (κ1) is 74.2. The monoisotopic (exact) mass is 1080 g/mol. The summed E-state index contributed by atoms with van der Waals surface area (Å²) in [6.07, 6.45) is 73.5. The van der Waals surface area contributed by atoms with Gasteiger partial charge in [0.15, 0.2) is 0 Å². The molecule has 0 aliphatic carbocycles. The predicted octanol–water partition coefficient (Wildman–Crippen LogP) is 20.3. The summed E-state index contributed by atoms with van der Waals surface area (Å²) in [5.41, 5.74) is 0. The Morgan fingerprint density at radius 3 is 1.00 bits per heavy atom. The van der Waals surface area contributed by atoms with Crippen LogP contribution in [-0.4, -0.2) is 68.5 Å². The normalized spacial score (nSPS) is 13.7. The second-order valence-corrected chi connectivity index (χ2v) is 26.0. The third-order valence-corrected chi connectivity index (χ3v) is 16.7. The van der Waals surface area contributed by atoms with E-state index in [-0.39, 0.29) is 19.1 Å². The summed E-state index contributed by atoms with van der Waals surface area (Å²) in [5.74, 6) is -0.190. The molecule has 0 spiro atoms. The van der Waals surface area contributed by atoms with Gasteiger partial charge in [-0.1, -0.05) is 341 Å². The Bertz CT molecular complexity index is 1230. The highest BCUT2D eigenvalue weighted by Gasteiger charge is 2.23. The van der Waals surface area contributed by atoms with Crippen LogP contribution >= 0.6 is 7.82 Å². The number of aliphatic hydroxyl groups excluding tert-OH is 1. The van der Waals surface area contributed by atoms with Crippen LogP contribution in [0.25, 0.3) is 0 Å². The molecule has 0 saturated carbocycles. The number of nitrogens with zero attached hydrogens (tertiary/aromatic N) is 1. The van der Waals surface area contributed by atoms with Crippen molar-refractivity contribution in [2.24, 2.45) is 0 Å². The van der Waals surface area contributed by atoms with Crippen molar-refractivity contribution in [2.45, 2.75) is 366 Å². The zero-order valence-electron chi connectivity index (χ0n) is 51.3. The van der Waals surface area contributed by atoms with E-state index in [0.717, 1.165) is 38.5 Å². The fourth-order valence-electron chi connectivity index (χ4n) is 10.5. The quantitative estimate of drug-likeness (QED) is 0.0272. The number of hydrogen-bond acceptors (Lipinski definition) is 6. The van der Waals surface area contributed by atoms with Crippen LogP contribution in [0.5, 0.6) is 0 Å². The highest BCUT2D eigenvalue weighted by molar-refractivity contribution is 7.45. The van der Waals surface area contributed by atoms with Gasteiger partial charge in [-0.2, -0.15) is 0 Å². The number of phosphoric ester groups is 1. The van der Waals surface area contributed by atoms with E-state index >= 15 is 0 Å². The van der Waals surface area contributed by atoms with Gasteiger partial charge in [0.2, 0.25) is 5.91 Å². The van der Waals surface area contributed by atoms with E-state index in [1.165, 1.54) is 295 Å². The molecule has 448 valence electrons. The number of phosphoric acid groups is 1. The van der Waals surface area contributed by atoms with Crippen LogP contribution in [0.15, 0.2) is 12.2 Å². The summed E-state index contributed by atoms with van der Waals surface area (Å²) < 4.78 is 23.3. The molecule has 0 rings (SSSR count). The number of amides is 1. The third-order valence-electron chi connectivity index (χ3n) is 15.7. The van der Waals surface area contributed by atoms with Crippen molar-refractivity contribution in [3.05, 3.63) is 12.2 Å². The van der Waals surface area contributed by atoms with E-state index in [0.29, 0.717) is 17.4 Å². The topological polar surface area (TPSA) is 108 Å². The van der Waals surface area contributed by atoms with Gasteiger partial charge in [-0.25, -0.2) is 0 Å². The maximum absolute atomic E-state index is 13.0. The summed E-state index contributed by atoms with van der Waals surface area (Å²) in [5, 5.41) is 13.9. The largest absolute Gasteiger partial charge is 0.756 e. The Balaban J connectivity index is 3.80. The Hall–Kier alpha value is -0.760. The molecule has 0 aromatic heterocycles. The summed E-state index contributed by atoms with van der Waals surface area (Å²) >= 11 is 0. The molecule has 0 aliphatic rings. The zero-order valence-corrected chi connectivity index (χ0v) is 52.2. The Morgan fingerprint density at radius 1 is 0.453 bits per heavy atom. The van der Waals surface area contributed by atoms with Crippen LogP contribution in [0.2, 0.25) is 0 Å². The van der Waals surface area contributed by atoms with E-state index < -0.39 is 20.0 Å². The molecular formula is C66H133N2O6P. The lowest BCUT2D eigenvalue weighted by Crippen LogP contribution is -2.45. The molecule has 2 N–H and O–H groups in total. The van der Waals surface area contributed by atoms with Crippen molar-refractivity contribution < 1.29 is 32.9 Å². The molecule has 0 aromatic carbocycles. The molecular weight excluding hydrogens is 948 g/mol. The van der Waals surface area contributed by atoms with E-state index in [2.05, 4.69) is 19.2 Å². The number of rotatable bonds is 63. The first-order chi connectivity index (χ1) is 36.5. The minimum atomic E-state index is -4.59. The van der Waals surface area contributed by atoms with Gasteiger partial charge in [0.25, 0.3) is 7.82 Å². The number of likely N-dealkylation sites (N-methyl/N-ethyl adjacent to an activating group) is 1. The number of allylic oxidation sites excluding steroid dienone is 1. The lowest BCUT2D eigenvalue weighted by molar-refractivity contribution is -0.870. The molecule has 8 nitrogen and oxygen atoms in total. The standard InChI is InChI=1S/C66H133N2O6P/c1-6-8-10-12-14-16-18-20-21-22-23-24-25-26-27-28-29-30-31-32-33-34-35-36-37-38-39-40-41-42-43-44-45-46-48-50-52-54-56-58-60-66(70)67-64(63-74-75(71,72)73-62-61-68(3,4)5)65(69)59-57-55-53-51-49-47-19-17-15-13-11-9-7-2/h57,59,64-65,69H,6-56,58,60-63H2,1-5H3,(H-,67,70,71,72)/b59-57+. The maximum atomic E-state index is 13.0. The highest BCUT2D eigenvalue weighted by Crippen LogP contribution is 2.38. The van der Waals surface area contributed by atoms with Gasteiger partial charge in [0.05, 0.1) is 39.9 Å². The van der Waals surface area contributed by atoms with Crippen molar-refractivity contribution in [3.8, 4) is 0 Å². The van der Waals surface area contributed by atoms with Crippen molar-refractivity contribution in [1.82, 2.24) is 5.32 Å². The molecule has 0 aliphatic heterocycles. The van der Waals surface area contributed by atoms with Crippen molar-refractivity contribution in [1.29, 1.82) is 0 Å². The number of carbonyl (C=O) groups excluding carboxylic acids is 1. The van der Waals surface area contributed by atoms with Crippen molar-refractivity contribution in [2.75, 3.05) is 40.9 Å². The Kier molecular flexibility index (Phi) is 57.3. The van der Waals surface area contributed by atoms with Crippen LogP contribution < -0.4 is 10.2 Å². The Labute approximate surface area is 469 Å². The number of nitrogens with one attached hydrogen (secondary N) is 1. The number of hydrogen-bond donors (Lipinski definition) is 2. The minimum Gasteiger partial charge on any atom is -0.756 e. The van der Waals surface area contributed by atoms with Crippen molar-refractivity contribution >= 4 is 13.7 Å². The molecule has 1 amide bonds. The smallest absolute Gasteiger partial charge is 0.268 e. The summed E-state index contributed by atoms with van der Waals surface area (Å²) in [6, 6.07) is -0.882. The zero-order chi connectivity index (χ0) is 54.9. The number of aliphatic hydroxyl groups is 1. The summed E-state index contributed by atoms with van der Waals surface area (Å²) in [7, 11) is 1.28. The van der Waals surface area contributed by atoms with E-state index in [1.807, 2.05) is 27.2 Å². The molecule has 0 bridgehead atoms. The van der Waals surface area contributed by atoms with E-state index in [1.54, 1.807) is 6.08 Å². The van der Waals surface area contributed by atoms with E-state index in [4.69, 9.17) is 9.05 Å². The average molecular weight is 1080 g/mol. The van der Waals surface area contributed by atoms with Crippen LogP contribution in [0, 0.1) is 0 Å². The first-order valence-corrected chi connectivity index (χ1v) is 35.0. The molecule has 3 unspecified atom stereocenters. The minimum absolute atomic E-state index is 0.00250. The third kappa shape index (κ3) is 60.7. The van der Waals surface area contributed by atoms with Gasteiger partial charge in [-0.15, -0.1) is 0 Å². The summed E-state index contributed by atoms with van der Waals surface area (Å²) in [6.45, 7) is 4.69. The molecule has 75 heavy (non-hydrogen) atoms. The van der Waals surface area contributed by atoms with Crippen LogP contribution in [0.3, 0.4) is 0 Å².